The highest BCUT2D eigenvalue weighted by molar-refractivity contribution is 5.85. The molecule has 0 bridgehead atoms. The third kappa shape index (κ3) is 2.81. The van der Waals surface area contributed by atoms with E-state index in [1.807, 2.05) is 29.8 Å². The van der Waals surface area contributed by atoms with E-state index < -0.39 is 0 Å². The number of fused-ring (bicyclic) bond motifs is 1. The Kier molecular flexibility index (Phi) is 4.10. The van der Waals surface area contributed by atoms with E-state index >= 15 is 0 Å². The van der Waals surface area contributed by atoms with E-state index in [1.165, 1.54) is 0 Å². The fourth-order valence-corrected chi connectivity index (χ4v) is 2.72. The van der Waals surface area contributed by atoms with Gasteiger partial charge in [-0.2, -0.15) is 4.98 Å². The zero-order chi connectivity index (χ0) is 16.4. The number of nitrogens with zero attached hydrogens (tertiary/aromatic N) is 5. The van der Waals surface area contributed by atoms with E-state index in [-0.39, 0.29) is 5.95 Å². The lowest BCUT2D eigenvalue weighted by Crippen LogP contribution is -2.06. The van der Waals surface area contributed by atoms with Crippen molar-refractivity contribution in [2.45, 2.75) is 39.7 Å². The molecule has 0 aliphatic heterocycles. The Morgan fingerprint density at radius 3 is 2.70 bits per heavy atom. The van der Waals surface area contributed by atoms with Gasteiger partial charge in [0.15, 0.2) is 0 Å². The summed E-state index contributed by atoms with van der Waals surface area (Å²) in [6.07, 6.45) is 2.94. The van der Waals surface area contributed by atoms with Crippen molar-refractivity contribution in [2.75, 3.05) is 11.5 Å². The molecule has 0 saturated heterocycles. The highest BCUT2D eigenvalue weighted by atomic mass is 15.4. The van der Waals surface area contributed by atoms with Crippen LogP contribution in [0.25, 0.3) is 22.2 Å². The average Bonchev–Trinajstić information content (AvgIpc) is 2.94. The van der Waals surface area contributed by atoms with Crippen LogP contribution in [0, 0.1) is 0 Å². The molecular formula is C16H21N7. The predicted molar refractivity (Wildman–Crippen MR) is 91.7 cm³/mol. The first-order valence-electron chi connectivity index (χ1n) is 7.89. The Hall–Kier alpha value is -2.70. The van der Waals surface area contributed by atoms with Crippen LogP contribution < -0.4 is 11.5 Å². The quantitative estimate of drug-likeness (QED) is 0.749. The topological polar surface area (TPSA) is 109 Å². The van der Waals surface area contributed by atoms with E-state index in [9.17, 15) is 0 Å². The largest absolute Gasteiger partial charge is 0.383 e. The average molecular weight is 311 g/mol. The van der Waals surface area contributed by atoms with Crippen molar-refractivity contribution < 1.29 is 0 Å². The SMILES string of the molecule is CCCCn1nnc2cc(-c3c(N)nc(N)nc3CC)ccc21. The summed E-state index contributed by atoms with van der Waals surface area (Å²) in [5, 5.41) is 8.50. The number of unbranched alkanes of at least 4 members (excludes halogenated alkanes) is 1. The minimum absolute atomic E-state index is 0.203. The zero-order valence-corrected chi connectivity index (χ0v) is 13.5. The Morgan fingerprint density at radius 1 is 1.13 bits per heavy atom. The van der Waals surface area contributed by atoms with Gasteiger partial charge in [-0.3, -0.25) is 0 Å². The van der Waals surface area contributed by atoms with Crippen molar-refractivity contribution in [1.29, 1.82) is 0 Å². The summed E-state index contributed by atoms with van der Waals surface area (Å²) in [6.45, 7) is 5.05. The predicted octanol–water partition coefficient (Wildman–Crippen LogP) is 2.42. The molecule has 2 heterocycles. The van der Waals surface area contributed by atoms with Gasteiger partial charge < -0.3 is 11.5 Å². The number of hydrogen-bond acceptors (Lipinski definition) is 6. The maximum atomic E-state index is 6.07. The number of hydrogen-bond donors (Lipinski definition) is 2. The fraction of sp³-hybridized carbons (Fsp3) is 0.375. The second kappa shape index (κ2) is 6.20. The van der Waals surface area contributed by atoms with Gasteiger partial charge in [0.2, 0.25) is 5.95 Å². The van der Waals surface area contributed by atoms with Crippen LogP contribution in [0.4, 0.5) is 11.8 Å². The Balaban J connectivity index is 2.08. The van der Waals surface area contributed by atoms with Gasteiger partial charge in [0.1, 0.15) is 11.3 Å². The highest BCUT2D eigenvalue weighted by Crippen LogP contribution is 2.30. The number of anilines is 2. The molecule has 120 valence electrons. The molecule has 0 spiro atoms. The first kappa shape index (κ1) is 15.2. The maximum Gasteiger partial charge on any atom is 0.222 e. The molecule has 0 radical (unpaired) electrons. The molecule has 0 atom stereocenters. The Bertz CT molecular complexity index is 838. The van der Waals surface area contributed by atoms with E-state index in [4.69, 9.17) is 11.5 Å². The summed E-state index contributed by atoms with van der Waals surface area (Å²) in [5.41, 5.74) is 16.2. The highest BCUT2D eigenvalue weighted by Gasteiger charge is 2.14. The van der Waals surface area contributed by atoms with Crippen LogP contribution in [0.3, 0.4) is 0 Å². The summed E-state index contributed by atoms with van der Waals surface area (Å²) in [7, 11) is 0. The van der Waals surface area contributed by atoms with Crippen LogP contribution in [0.2, 0.25) is 0 Å². The maximum absolute atomic E-state index is 6.07. The summed E-state index contributed by atoms with van der Waals surface area (Å²) in [6, 6.07) is 6.02. The minimum Gasteiger partial charge on any atom is -0.383 e. The van der Waals surface area contributed by atoms with Gasteiger partial charge in [-0.25, -0.2) is 9.67 Å². The van der Waals surface area contributed by atoms with Gasteiger partial charge in [0.25, 0.3) is 0 Å². The lowest BCUT2D eigenvalue weighted by Gasteiger charge is -2.11. The molecule has 1 aromatic carbocycles. The number of rotatable bonds is 5. The van der Waals surface area contributed by atoms with Crippen molar-refractivity contribution in [1.82, 2.24) is 25.0 Å². The smallest absolute Gasteiger partial charge is 0.222 e. The molecule has 0 aliphatic carbocycles. The summed E-state index contributed by atoms with van der Waals surface area (Å²) in [4.78, 5) is 8.39. The van der Waals surface area contributed by atoms with E-state index in [0.29, 0.717) is 5.82 Å². The van der Waals surface area contributed by atoms with Crippen molar-refractivity contribution >= 4 is 22.8 Å². The molecular weight excluding hydrogens is 290 g/mol. The monoisotopic (exact) mass is 311 g/mol. The molecule has 0 fully saturated rings. The van der Waals surface area contributed by atoms with Crippen molar-refractivity contribution in [3.8, 4) is 11.1 Å². The van der Waals surface area contributed by atoms with E-state index in [2.05, 4.69) is 27.2 Å². The van der Waals surface area contributed by atoms with Crippen molar-refractivity contribution in [3.05, 3.63) is 23.9 Å². The standard InChI is InChI=1S/C16H21N7/c1-3-5-8-23-13-7-6-10(9-12(13)21-22-23)14-11(4-2)19-16(18)20-15(14)17/h6-7,9H,3-5,8H2,1-2H3,(H4,17,18,19,20). The van der Waals surface area contributed by atoms with Gasteiger partial charge >= 0.3 is 0 Å². The van der Waals surface area contributed by atoms with Crippen LogP contribution in [-0.4, -0.2) is 25.0 Å². The third-order valence-electron chi connectivity index (χ3n) is 3.89. The molecule has 3 aromatic rings. The molecule has 0 amide bonds. The first-order valence-corrected chi connectivity index (χ1v) is 7.89. The lowest BCUT2D eigenvalue weighted by atomic mass is 10.0. The molecule has 3 rings (SSSR count). The molecule has 2 aromatic heterocycles. The normalized spacial score (nSPS) is 11.2. The first-order chi connectivity index (χ1) is 11.1. The van der Waals surface area contributed by atoms with Gasteiger partial charge in [-0.15, -0.1) is 5.10 Å². The van der Waals surface area contributed by atoms with Crippen LogP contribution in [-0.2, 0) is 13.0 Å². The van der Waals surface area contributed by atoms with Gasteiger partial charge in [-0.05, 0) is 30.5 Å². The number of benzene rings is 1. The molecule has 0 saturated carbocycles. The van der Waals surface area contributed by atoms with Gasteiger partial charge in [-0.1, -0.05) is 31.5 Å². The van der Waals surface area contributed by atoms with Crippen LogP contribution in [0.1, 0.15) is 32.4 Å². The zero-order valence-electron chi connectivity index (χ0n) is 13.5. The number of nitrogen functional groups attached to an aromatic ring is 2. The number of nitrogens with two attached hydrogens (primary N) is 2. The third-order valence-corrected chi connectivity index (χ3v) is 3.89. The number of aromatic nitrogens is 5. The van der Waals surface area contributed by atoms with Crippen LogP contribution in [0.15, 0.2) is 18.2 Å². The van der Waals surface area contributed by atoms with Gasteiger partial charge in [0.05, 0.1) is 11.2 Å². The molecule has 7 nitrogen and oxygen atoms in total. The van der Waals surface area contributed by atoms with Crippen molar-refractivity contribution in [3.63, 3.8) is 0 Å². The van der Waals surface area contributed by atoms with E-state index in [1.54, 1.807) is 0 Å². The fourth-order valence-electron chi connectivity index (χ4n) is 2.72. The molecule has 0 aliphatic rings. The number of aryl methyl sites for hydroxylation is 2. The van der Waals surface area contributed by atoms with Gasteiger partial charge in [0, 0.05) is 12.1 Å². The molecule has 4 N–H and O–H groups in total. The summed E-state index contributed by atoms with van der Waals surface area (Å²) < 4.78 is 1.94. The summed E-state index contributed by atoms with van der Waals surface area (Å²) >= 11 is 0. The lowest BCUT2D eigenvalue weighted by molar-refractivity contribution is 0.567. The van der Waals surface area contributed by atoms with Crippen molar-refractivity contribution in [2.24, 2.45) is 0 Å². The van der Waals surface area contributed by atoms with Crippen LogP contribution >= 0.6 is 0 Å². The molecule has 23 heavy (non-hydrogen) atoms. The van der Waals surface area contributed by atoms with Crippen LogP contribution in [0.5, 0.6) is 0 Å². The second-order valence-corrected chi connectivity index (χ2v) is 5.51. The molecule has 0 unspecified atom stereocenters. The Morgan fingerprint density at radius 2 is 1.96 bits per heavy atom. The minimum atomic E-state index is 0.203. The second-order valence-electron chi connectivity index (χ2n) is 5.51. The summed E-state index contributed by atoms with van der Waals surface area (Å²) in [5.74, 6) is 0.599. The van der Waals surface area contributed by atoms with E-state index in [0.717, 1.165) is 53.7 Å². The molecule has 7 heteroatoms. The Labute approximate surface area is 134 Å².